The van der Waals surface area contributed by atoms with Crippen molar-refractivity contribution in [3.05, 3.63) is 64.7 Å². The molecule has 0 aromatic heterocycles. The van der Waals surface area contributed by atoms with Gasteiger partial charge in [-0.25, -0.2) is 19.2 Å². The van der Waals surface area contributed by atoms with Crippen LogP contribution in [-0.2, 0) is 18.9 Å². The number of hydrogen-bond donors (Lipinski definition) is 1. The summed E-state index contributed by atoms with van der Waals surface area (Å²) in [6.07, 6.45) is 0. The molecule has 9 heteroatoms. The van der Waals surface area contributed by atoms with Crippen LogP contribution in [0.2, 0.25) is 0 Å². The minimum Gasteiger partial charge on any atom is -0.465 e. The summed E-state index contributed by atoms with van der Waals surface area (Å²) in [5, 5.41) is 0. The molecule has 2 aromatic carbocycles. The Morgan fingerprint density at radius 1 is 0.586 bits per heavy atom. The van der Waals surface area contributed by atoms with E-state index < -0.39 is 23.9 Å². The molecule has 0 aliphatic rings. The monoisotopic (exact) mass is 403 g/mol. The third-order valence-corrected chi connectivity index (χ3v) is 3.59. The Kier molecular flexibility index (Phi) is 8.84. The topological polar surface area (TPSA) is 131 Å². The molecule has 2 rings (SSSR count). The number of anilines is 1. The molecule has 29 heavy (non-hydrogen) atoms. The maximum absolute atomic E-state index is 11.3. The molecule has 0 fully saturated rings. The summed E-state index contributed by atoms with van der Waals surface area (Å²) in [6, 6.07) is 10.6. The highest BCUT2D eigenvalue weighted by molar-refractivity contribution is 6.04. The van der Waals surface area contributed by atoms with Crippen molar-refractivity contribution in [1.82, 2.24) is 0 Å². The van der Waals surface area contributed by atoms with E-state index in [1.807, 2.05) is 0 Å². The first-order valence-corrected chi connectivity index (χ1v) is 8.12. The van der Waals surface area contributed by atoms with Gasteiger partial charge in [0.25, 0.3) is 0 Å². The number of nitrogen functional groups attached to an aromatic ring is 1. The lowest BCUT2D eigenvalue weighted by Crippen LogP contribution is -2.12. The minimum atomic E-state index is -0.622. The molecule has 154 valence electrons. The molecule has 0 spiro atoms. The average molecular weight is 403 g/mol. The van der Waals surface area contributed by atoms with Crippen molar-refractivity contribution in [3.63, 3.8) is 0 Å². The normalized spacial score (nSPS) is 9.38. The quantitative estimate of drug-likeness (QED) is 0.463. The molecule has 0 saturated carbocycles. The lowest BCUT2D eigenvalue weighted by molar-refractivity contribution is 0.0555. The van der Waals surface area contributed by atoms with Gasteiger partial charge in [-0.05, 0) is 30.3 Å². The first-order chi connectivity index (χ1) is 13.8. The van der Waals surface area contributed by atoms with Gasteiger partial charge in [-0.2, -0.15) is 0 Å². The van der Waals surface area contributed by atoms with Crippen molar-refractivity contribution in [2.24, 2.45) is 0 Å². The number of rotatable bonds is 4. The van der Waals surface area contributed by atoms with Crippen LogP contribution < -0.4 is 5.73 Å². The van der Waals surface area contributed by atoms with Crippen molar-refractivity contribution in [2.45, 2.75) is 0 Å². The van der Waals surface area contributed by atoms with Crippen molar-refractivity contribution in [3.8, 4) is 0 Å². The van der Waals surface area contributed by atoms with Gasteiger partial charge < -0.3 is 24.7 Å². The number of benzene rings is 2. The highest BCUT2D eigenvalue weighted by atomic mass is 16.5. The first kappa shape index (κ1) is 23.2. The molecule has 0 heterocycles. The number of methoxy groups -OCH3 is 4. The van der Waals surface area contributed by atoms with Gasteiger partial charge in [0.15, 0.2) is 0 Å². The second-order valence-corrected chi connectivity index (χ2v) is 5.32. The number of esters is 4. The number of hydrogen-bond acceptors (Lipinski definition) is 9. The second kappa shape index (κ2) is 11.1. The minimum absolute atomic E-state index is 0.101. The smallest absolute Gasteiger partial charge is 0.338 e. The highest BCUT2D eigenvalue weighted by Crippen LogP contribution is 2.15. The Balaban J connectivity index is 0.000000291. The summed E-state index contributed by atoms with van der Waals surface area (Å²) in [4.78, 5) is 45.1. The zero-order valence-corrected chi connectivity index (χ0v) is 16.4. The van der Waals surface area contributed by atoms with Crippen LogP contribution in [0.5, 0.6) is 0 Å². The highest BCUT2D eigenvalue weighted by Gasteiger charge is 2.18. The molecule has 0 saturated heterocycles. The second-order valence-electron chi connectivity index (χ2n) is 5.32. The van der Waals surface area contributed by atoms with Crippen molar-refractivity contribution in [1.29, 1.82) is 0 Å². The Morgan fingerprint density at radius 2 is 0.931 bits per heavy atom. The standard InChI is InChI=1S/C10H11NO4.C10H10O4/c1-14-9(12)7-4-3-6(11)5-8(7)10(13)15-2;1-13-9(11)7-5-3-4-6-8(7)10(12)14-2/h3-5H,11H2,1-2H3;3-6H,1-2H3. The number of ether oxygens (including phenoxy) is 4. The van der Waals surface area contributed by atoms with Crippen LogP contribution in [0.15, 0.2) is 42.5 Å². The fourth-order valence-electron chi connectivity index (χ4n) is 2.19. The van der Waals surface area contributed by atoms with Crippen LogP contribution >= 0.6 is 0 Å². The average Bonchev–Trinajstić information content (AvgIpc) is 2.77. The lowest BCUT2D eigenvalue weighted by atomic mass is 10.1. The molecule has 9 nitrogen and oxygen atoms in total. The molecule has 0 amide bonds. The van der Waals surface area contributed by atoms with Gasteiger partial charge in [0, 0.05) is 5.69 Å². The summed E-state index contributed by atoms with van der Waals surface area (Å²) in [6.45, 7) is 0. The van der Waals surface area contributed by atoms with Crippen LogP contribution in [0.25, 0.3) is 0 Å². The van der Waals surface area contributed by atoms with Gasteiger partial charge >= 0.3 is 23.9 Å². The van der Waals surface area contributed by atoms with E-state index in [0.717, 1.165) is 0 Å². The summed E-state index contributed by atoms with van der Waals surface area (Å²) in [5.74, 6) is -2.32. The molecule has 0 aliphatic heterocycles. The fraction of sp³-hybridized carbons (Fsp3) is 0.200. The molecular formula is C20H21NO8. The largest absolute Gasteiger partial charge is 0.465 e. The van der Waals surface area contributed by atoms with E-state index in [4.69, 9.17) is 5.73 Å². The van der Waals surface area contributed by atoms with Gasteiger partial charge in [-0.1, -0.05) is 12.1 Å². The predicted molar refractivity (Wildman–Crippen MR) is 103 cm³/mol. The van der Waals surface area contributed by atoms with E-state index in [9.17, 15) is 19.2 Å². The molecule has 0 aliphatic carbocycles. The maximum atomic E-state index is 11.3. The van der Waals surface area contributed by atoms with E-state index in [1.54, 1.807) is 12.1 Å². The SMILES string of the molecule is COC(=O)c1ccc(N)cc1C(=O)OC.COC(=O)c1ccccc1C(=O)OC. The van der Waals surface area contributed by atoms with Crippen LogP contribution in [0, 0.1) is 0 Å². The summed E-state index contributed by atoms with van der Waals surface area (Å²) >= 11 is 0. The molecule has 0 atom stereocenters. The Labute approximate surface area is 167 Å². The van der Waals surface area contributed by atoms with Crippen LogP contribution in [0.4, 0.5) is 5.69 Å². The molecule has 2 N–H and O–H groups in total. The number of carbonyl (C=O) groups is 4. The fourth-order valence-corrected chi connectivity index (χ4v) is 2.19. The van der Waals surface area contributed by atoms with E-state index in [1.165, 1.54) is 58.8 Å². The Morgan fingerprint density at radius 3 is 1.31 bits per heavy atom. The third-order valence-electron chi connectivity index (χ3n) is 3.59. The third kappa shape index (κ3) is 6.06. The van der Waals surface area contributed by atoms with Crippen LogP contribution in [0.1, 0.15) is 41.4 Å². The van der Waals surface area contributed by atoms with Gasteiger partial charge in [0.2, 0.25) is 0 Å². The molecule has 2 aromatic rings. The van der Waals surface area contributed by atoms with Gasteiger partial charge in [-0.3, -0.25) is 0 Å². The summed E-state index contributed by atoms with van der Waals surface area (Å²) < 4.78 is 18.1. The molecule has 0 unspecified atom stereocenters. The predicted octanol–water partition coefficient (Wildman–Crippen LogP) is 2.10. The Hall–Kier alpha value is -3.88. The zero-order chi connectivity index (χ0) is 22.0. The van der Waals surface area contributed by atoms with Gasteiger partial charge in [-0.15, -0.1) is 0 Å². The van der Waals surface area contributed by atoms with Crippen LogP contribution in [0.3, 0.4) is 0 Å². The van der Waals surface area contributed by atoms with E-state index in [0.29, 0.717) is 5.69 Å². The van der Waals surface area contributed by atoms with Crippen molar-refractivity contribution < 1.29 is 38.1 Å². The first-order valence-electron chi connectivity index (χ1n) is 8.12. The molecular weight excluding hydrogens is 382 g/mol. The molecule has 0 radical (unpaired) electrons. The van der Waals surface area contributed by atoms with Gasteiger partial charge in [0.05, 0.1) is 50.7 Å². The van der Waals surface area contributed by atoms with E-state index in [-0.39, 0.29) is 22.3 Å². The number of nitrogens with two attached hydrogens (primary N) is 1. The number of carbonyl (C=O) groups excluding carboxylic acids is 4. The Bertz CT molecular complexity index is 872. The van der Waals surface area contributed by atoms with E-state index in [2.05, 4.69) is 18.9 Å². The van der Waals surface area contributed by atoms with E-state index >= 15 is 0 Å². The lowest BCUT2D eigenvalue weighted by Gasteiger charge is -2.06. The maximum Gasteiger partial charge on any atom is 0.338 e. The van der Waals surface area contributed by atoms with Crippen LogP contribution in [-0.4, -0.2) is 52.3 Å². The summed E-state index contributed by atoms with van der Waals surface area (Å²) in [7, 11) is 4.99. The van der Waals surface area contributed by atoms with Crippen molar-refractivity contribution in [2.75, 3.05) is 34.2 Å². The molecule has 0 bridgehead atoms. The zero-order valence-electron chi connectivity index (χ0n) is 16.4. The van der Waals surface area contributed by atoms with Gasteiger partial charge in [0.1, 0.15) is 0 Å². The summed E-state index contributed by atoms with van der Waals surface area (Å²) in [5.41, 5.74) is 6.54. The van der Waals surface area contributed by atoms with Crippen molar-refractivity contribution >= 4 is 29.6 Å².